The van der Waals surface area contributed by atoms with Crippen LogP contribution in [0.5, 0.6) is 0 Å². The SMILES string of the molecule is C=NNC(=C)NC(=O)c1ccc(CN(C=O)C2(CN(C)C(C)C)CCC(C(C)(C)C)CC2)cc1. The van der Waals surface area contributed by atoms with E-state index in [-0.39, 0.29) is 22.7 Å². The number of nitrogens with one attached hydrogen (secondary N) is 2. The molecule has 1 saturated carbocycles. The summed E-state index contributed by atoms with van der Waals surface area (Å²) in [4.78, 5) is 29.1. The quantitative estimate of drug-likeness (QED) is 0.287. The minimum Gasteiger partial charge on any atom is -0.334 e. The largest absolute Gasteiger partial charge is 0.334 e. The molecule has 0 unspecified atom stereocenters. The molecule has 0 bridgehead atoms. The van der Waals surface area contributed by atoms with E-state index in [1.54, 1.807) is 12.1 Å². The summed E-state index contributed by atoms with van der Waals surface area (Å²) < 4.78 is 0. The summed E-state index contributed by atoms with van der Waals surface area (Å²) in [5, 5.41) is 6.11. The van der Waals surface area contributed by atoms with Crippen molar-refractivity contribution in [2.75, 3.05) is 13.6 Å². The van der Waals surface area contributed by atoms with Crippen LogP contribution in [-0.4, -0.2) is 54.0 Å². The molecule has 34 heavy (non-hydrogen) atoms. The average Bonchev–Trinajstić information content (AvgIpc) is 2.77. The molecule has 0 saturated heterocycles. The number of hydrogen-bond donors (Lipinski definition) is 2. The Hall–Kier alpha value is -2.67. The number of nitrogens with zero attached hydrogens (tertiary/aromatic N) is 3. The fraction of sp³-hybridized carbons (Fsp3) is 0.593. The highest BCUT2D eigenvalue weighted by Crippen LogP contribution is 2.44. The molecule has 0 heterocycles. The molecule has 0 spiro atoms. The Labute approximate surface area is 205 Å². The lowest BCUT2D eigenvalue weighted by atomic mass is 9.66. The standard InChI is InChI=1S/C27H43N5O2/c1-20(2)31(8)18-27(15-13-24(14-16-27)26(4,5)6)32(19-33)17-22-9-11-23(12-10-22)25(34)29-21(3)30-28-7/h9-12,19-20,24,30H,3,7,13-18H2,1-2,4-6,8H3,(H,29,34). The van der Waals surface area contributed by atoms with Gasteiger partial charge in [-0.25, -0.2) is 0 Å². The van der Waals surface area contributed by atoms with Crippen molar-refractivity contribution in [1.82, 2.24) is 20.5 Å². The number of hydrazone groups is 1. The van der Waals surface area contributed by atoms with E-state index in [4.69, 9.17) is 0 Å². The fourth-order valence-corrected chi connectivity index (χ4v) is 4.81. The van der Waals surface area contributed by atoms with Gasteiger partial charge in [-0.15, -0.1) is 0 Å². The molecule has 1 fully saturated rings. The maximum absolute atomic E-state index is 12.4. The third-order valence-electron chi connectivity index (χ3n) is 7.35. The second-order valence-corrected chi connectivity index (χ2v) is 11.0. The van der Waals surface area contributed by atoms with Crippen LogP contribution in [0.2, 0.25) is 0 Å². The maximum Gasteiger partial charge on any atom is 0.256 e. The monoisotopic (exact) mass is 469 g/mol. The summed E-state index contributed by atoms with van der Waals surface area (Å²) in [6.45, 7) is 19.7. The summed E-state index contributed by atoms with van der Waals surface area (Å²) in [5.41, 5.74) is 4.10. The number of likely N-dealkylation sites (N-methyl/N-ethyl adjacent to an activating group) is 1. The first-order valence-corrected chi connectivity index (χ1v) is 12.1. The van der Waals surface area contributed by atoms with Gasteiger partial charge in [-0.1, -0.05) is 39.5 Å². The zero-order chi connectivity index (χ0) is 25.5. The Bertz CT molecular complexity index is 849. The van der Waals surface area contributed by atoms with Crippen molar-refractivity contribution in [3.8, 4) is 0 Å². The van der Waals surface area contributed by atoms with Crippen LogP contribution in [0.15, 0.2) is 41.8 Å². The van der Waals surface area contributed by atoms with Crippen molar-refractivity contribution < 1.29 is 9.59 Å². The Balaban J connectivity index is 2.19. The Morgan fingerprint density at radius 2 is 1.82 bits per heavy atom. The van der Waals surface area contributed by atoms with E-state index in [2.05, 4.69) is 75.7 Å². The number of amides is 2. The smallest absolute Gasteiger partial charge is 0.256 e. The van der Waals surface area contributed by atoms with Crippen LogP contribution >= 0.6 is 0 Å². The highest BCUT2D eigenvalue weighted by molar-refractivity contribution is 5.95. The predicted molar refractivity (Wildman–Crippen MR) is 139 cm³/mol. The second-order valence-electron chi connectivity index (χ2n) is 11.0. The molecule has 2 rings (SSSR count). The van der Waals surface area contributed by atoms with Gasteiger partial charge in [0.05, 0.1) is 5.54 Å². The third kappa shape index (κ3) is 7.16. The van der Waals surface area contributed by atoms with E-state index in [1.165, 1.54) is 0 Å². The van der Waals surface area contributed by atoms with Gasteiger partial charge in [-0.2, -0.15) is 5.10 Å². The maximum atomic E-state index is 12.4. The summed E-state index contributed by atoms with van der Waals surface area (Å²) in [7, 11) is 2.14. The molecule has 1 aromatic carbocycles. The third-order valence-corrected chi connectivity index (χ3v) is 7.35. The molecule has 0 radical (unpaired) electrons. The minimum atomic E-state index is -0.282. The highest BCUT2D eigenvalue weighted by Gasteiger charge is 2.43. The van der Waals surface area contributed by atoms with Crippen molar-refractivity contribution >= 4 is 19.0 Å². The molecule has 0 aromatic heterocycles. The van der Waals surface area contributed by atoms with Crippen LogP contribution in [0.4, 0.5) is 0 Å². The molecule has 188 valence electrons. The number of carbonyl (C=O) groups excluding carboxylic acids is 2. The van der Waals surface area contributed by atoms with Gasteiger partial charge in [0.1, 0.15) is 5.82 Å². The molecule has 0 atom stereocenters. The molecule has 7 heteroatoms. The van der Waals surface area contributed by atoms with Crippen molar-refractivity contribution in [1.29, 1.82) is 0 Å². The number of hydrogen-bond acceptors (Lipinski definition) is 5. The van der Waals surface area contributed by atoms with E-state index >= 15 is 0 Å². The number of rotatable bonds is 11. The van der Waals surface area contributed by atoms with Crippen molar-refractivity contribution in [3.05, 3.63) is 47.8 Å². The summed E-state index contributed by atoms with van der Waals surface area (Å²) >= 11 is 0. The first-order valence-electron chi connectivity index (χ1n) is 12.1. The molecule has 2 N–H and O–H groups in total. The van der Waals surface area contributed by atoms with Gasteiger partial charge in [0.25, 0.3) is 5.91 Å². The number of benzene rings is 1. The fourth-order valence-electron chi connectivity index (χ4n) is 4.81. The van der Waals surface area contributed by atoms with Crippen LogP contribution in [0.1, 0.15) is 76.2 Å². The predicted octanol–water partition coefficient (Wildman–Crippen LogP) is 4.37. The zero-order valence-electron chi connectivity index (χ0n) is 21.9. The normalized spacial score (nSPS) is 20.6. The Morgan fingerprint density at radius 3 is 2.29 bits per heavy atom. The van der Waals surface area contributed by atoms with Gasteiger partial charge in [0.15, 0.2) is 0 Å². The lowest BCUT2D eigenvalue weighted by Gasteiger charge is -2.50. The Morgan fingerprint density at radius 1 is 1.24 bits per heavy atom. The van der Waals surface area contributed by atoms with E-state index in [1.807, 2.05) is 17.0 Å². The number of carbonyl (C=O) groups is 2. The molecule has 1 aliphatic carbocycles. The van der Waals surface area contributed by atoms with Crippen molar-refractivity contribution in [3.63, 3.8) is 0 Å². The van der Waals surface area contributed by atoms with Gasteiger partial charge in [0, 0.05) is 31.4 Å². The molecule has 1 aliphatic rings. The molecule has 0 aliphatic heterocycles. The van der Waals surface area contributed by atoms with Gasteiger partial charge < -0.3 is 15.1 Å². The van der Waals surface area contributed by atoms with Crippen LogP contribution in [0.25, 0.3) is 0 Å². The van der Waals surface area contributed by atoms with E-state index in [0.29, 0.717) is 24.1 Å². The van der Waals surface area contributed by atoms with E-state index < -0.39 is 0 Å². The Kier molecular flexibility index (Phi) is 9.45. The van der Waals surface area contributed by atoms with E-state index in [0.717, 1.165) is 44.2 Å². The van der Waals surface area contributed by atoms with Crippen molar-refractivity contribution in [2.24, 2.45) is 16.4 Å². The molecule has 1 aromatic rings. The molecular formula is C27H43N5O2. The summed E-state index contributed by atoms with van der Waals surface area (Å²) in [6.07, 6.45) is 5.26. The molecular weight excluding hydrogens is 426 g/mol. The molecule has 2 amide bonds. The van der Waals surface area contributed by atoms with E-state index in [9.17, 15) is 9.59 Å². The van der Waals surface area contributed by atoms with Crippen molar-refractivity contribution in [2.45, 2.75) is 78.4 Å². The average molecular weight is 470 g/mol. The van der Waals surface area contributed by atoms with Crippen LogP contribution in [0, 0.1) is 11.3 Å². The lowest BCUT2D eigenvalue weighted by molar-refractivity contribution is -0.128. The minimum absolute atomic E-state index is 0.195. The summed E-state index contributed by atoms with van der Waals surface area (Å²) in [5.74, 6) is 0.644. The highest BCUT2D eigenvalue weighted by atomic mass is 16.2. The first-order chi connectivity index (χ1) is 15.9. The molecule has 7 nitrogen and oxygen atoms in total. The van der Waals surface area contributed by atoms with Gasteiger partial charge in [-0.3, -0.25) is 15.0 Å². The lowest BCUT2D eigenvalue weighted by Crippen LogP contribution is -2.57. The first kappa shape index (κ1) is 27.6. The van der Waals surface area contributed by atoms with Gasteiger partial charge >= 0.3 is 0 Å². The van der Waals surface area contributed by atoms with Crippen LogP contribution in [0.3, 0.4) is 0 Å². The second kappa shape index (κ2) is 11.6. The van der Waals surface area contributed by atoms with Gasteiger partial charge in [0.2, 0.25) is 6.41 Å². The van der Waals surface area contributed by atoms with Crippen LogP contribution in [-0.2, 0) is 11.3 Å². The summed E-state index contributed by atoms with van der Waals surface area (Å²) in [6, 6.07) is 7.77. The zero-order valence-corrected chi connectivity index (χ0v) is 21.9. The van der Waals surface area contributed by atoms with Gasteiger partial charge in [-0.05, 0) is 75.6 Å². The van der Waals surface area contributed by atoms with Crippen LogP contribution < -0.4 is 10.7 Å². The topological polar surface area (TPSA) is 77.0 Å².